The summed E-state index contributed by atoms with van der Waals surface area (Å²) in [6.07, 6.45) is -3.32. The van der Waals surface area contributed by atoms with Crippen molar-refractivity contribution in [3.8, 4) is 12.1 Å². The molecule has 1 rings (SSSR count). The fourth-order valence-corrected chi connectivity index (χ4v) is 2.34. The van der Waals surface area contributed by atoms with Crippen molar-refractivity contribution in [1.29, 1.82) is 10.5 Å². The minimum atomic E-state index is -3.76. The Kier molecular flexibility index (Phi) is 4.57. The van der Waals surface area contributed by atoms with Crippen LogP contribution in [0.1, 0.15) is 39.0 Å². The number of carbonyl (C=O) groups excluding carboxylic acids is 1. The summed E-state index contributed by atoms with van der Waals surface area (Å²) in [5, 5.41) is 17.7. The molecule has 3 nitrogen and oxygen atoms in total. The van der Waals surface area contributed by atoms with Crippen LogP contribution in [0.4, 0.5) is 13.2 Å². The summed E-state index contributed by atoms with van der Waals surface area (Å²) in [4.78, 5) is 11.0. The summed E-state index contributed by atoms with van der Waals surface area (Å²) in [7, 11) is 0. The predicted molar refractivity (Wildman–Crippen MR) is 60.8 cm³/mol. The molecule has 0 aliphatic heterocycles. The summed E-state index contributed by atoms with van der Waals surface area (Å²) in [5.74, 6) is -5.15. The number of halogens is 3. The lowest BCUT2D eigenvalue weighted by Crippen LogP contribution is -2.48. The highest BCUT2D eigenvalue weighted by Crippen LogP contribution is 2.45. The van der Waals surface area contributed by atoms with E-state index in [0.29, 0.717) is 0 Å². The van der Waals surface area contributed by atoms with Crippen molar-refractivity contribution < 1.29 is 18.0 Å². The van der Waals surface area contributed by atoms with Gasteiger partial charge in [-0.05, 0) is 19.3 Å². The third-order valence-corrected chi connectivity index (χ3v) is 3.81. The molecule has 0 bridgehead atoms. The summed E-state index contributed by atoms with van der Waals surface area (Å²) >= 11 is 0. The zero-order chi connectivity index (χ0) is 14.7. The van der Waals surface area contributed by atoms with E-state index in [1.807, 2.05) is 0 Å². The molecule has 6 heteroatoms. The minimum absolute atomic E-state index is 0.00517. The first-order valence-corrected chi connectivity index (χ1v) is 6.20. The van der Waals surface area contributed by atoms with E-state index in [1.54, 1.807) is 0 Å². The molecule has 0 aromatic rings. The van der Waals surface area contributed by atoms with Crippen molar-refractivity contribution in [3.63, 3.8) is 0 Å². The van der Waals surface area contributed by atoms with Crippen LogP contribution in [-0.2, 0) is 4.79 Å². The molecule has 1 unspecified atom stereocenters. The molecular weight excluding hydrogens is 257 g/mol. The first-order valence-electron chi connectivity index (χ1n) is 6.20. The maximum absolute atomic E-state index is 14.1. The van der Waals surface area contributed by atoms with Gasteiger partial charge in [0.15, 0.2) is 11.6 Å². The average molecular weight is 272 g/mol. The van der Waals surface area contributed by atoms with Crippen molar-refractivity contribution in [2.45, 2.75) is 51.1 Å². The van der Waals surface area contributed by atoms with Crippen molar-refractivity contribution in [3.05, 3.63) is 0 Å². The molecule has 19 heavy (non-hydrogen) atoms. The Labute approximate surface area is 110 Å². The van der Waals surface area contributed by atoms with Crippen molar-refractivity contribution >= 4 is 5.78 Å². The minimum Gasteiger partial charge on any atom is -0.300 e. The van der Waals surface area contributed by atoms with Gasteiger partial charge in [-0.3, -0.25) is 4.79 Å². The second kappa shape index (κ2) is 5.61. The van der Waals surface area contributed by atoms with Gasteiger partial charge in [0.05, 0.1) is 12.1 Å². The highest BCUT2D eigenvalue weighted by Gasteiger charge is 2.58. The number of hydrogen-bond acceptors (Lipinski definition) is 3. The van der Waals surface area contributed by atoms with Gasteiger partial charge >= 0.3 is 0 Å². The molecule has 1 aliphatic carbocycles. The van der Waals surface area contributed by atoms with Crippen molar-refractivity contribution in [2.75, 3.05) is 0 Å². The van der Waals surface area contributed by atoms with Gasteiger partial charge in [-0.25, -0.2) is 13.2 Å². The van der Waals surface area contributed by atoms with E-state index in [0.717, 1.165) is 0 Å². The van der Waals surface area contributed by atoms with E-state index in [2.05, 4.69) is 0 Å². The van der Waals surface area contributed by atoms with Gasteiger partial charge in [0.2, 0.25) is 0 Å². The van der Waals surface area contributed by atoms with Crippen LogP contribution in [0.5, 0.6) is 0 Å². The molecule has 0 heterocycles. The molecule has 0 spiro atoms. The SMILES string of the molecule is CCC(C#N)(C#N)C(F)C(F)(F)C1CCC(=O)CC1. The Morgan fingerprint density at radius 2 is 1.79 bits per heavy atom. The normalized spacial score (nSPS) is 19.6. The van der Waals surface area contributed by atoms with E-state index < -0.39 is 23.4 Å². The van der Waals surface area contributed by atoms with Gasteiger partial charge in [0.25, 0.3) is 5.92 Å². The topological polar surface area (TPSA) is 64.7 Å². The Morgan fingerprint density at radius 1 is 1.32 bits per heavy atom. The average Bonchev–Trinajstić information content (AvgIpc) is 2.41. The highest BCUT2D eigenvalue weighted by atomic mass is 19.3. The number of carbonyl (C=O) groups is 1. The van der Waals surface area contributed by atoms with Gasteiger partial charge in [-0.2, -0.15) is 10.5 Å². The number of ketones is 1. The number of Topliss-reactive ketones (excluding diaryl/α,β-unsaturated/α-hetero) is 1. The second-order valence-electron chi connectivity index (χ2n) is 4.90. The first-order chi connectivity index (χ1) is 8.84. The molecule has 1 saturated carbocycles. The van der Waals surface area contributed by atoms with Crippen LogP contribution < -0.4 is 0 Å². The number of alkyl halides is 3. The van der Waals surface area contributed by atoms with E-state index in [-0.39, 0.29) is 37.9 Å². The third kappa shape index (κ3) is 2.73. The maximum Gasteiger partial charge on any atom is 0.284 e. The summed E-state index contributed by atoms with van der Waals surface area (Å²) < 4.78 is 42.3. The molecule has 0 saturated heterocycles. The van der Waals surface area contributed by atoms with Gasteiger partial charge < -0.3 is 0 Å². The predicted octanol–water partition coefficient (Wildman–Crippen LogP) is 3.16. The largest absolute Gasteiger partial charge is 0.300 e. The van der Waals surface area contributed by atoms with Crippen LogP contribution in [-0.4, -0.2) is 17.9 Å². The summed E-state index contributed by atoms with van der Waals surface area (Å²) in [5.41, 5.74) is -2.33. The fraction of sp³-hybridized carbons (Fsp3) is 0.769. The Hall–Kier alpha value is -1.56. The molecule has 0 radical (unpaired) electrons. The number of nitrogens with zero attached hydrogens (tertiary/aromatic N) is 2. The smallest absolute Gasteiger partial charge is 0.284 e. The Balaban J connectivity index is 2.96. The summed E-state index contributed by atoms with van der Waals surface area (Å²) in [6.45, 7) is 1.33. The maximum atomic E-state index is 14.1. The van der Waals surface area contributed by atoms with Crippen LogP contribution in [0, 0.1) is 34.0 Å². The van der Waals surface area contributed by atoms with Crippen LogP contribution in [0.15, 0.2) is 0 Å². The van der Waals surface area contributed by atoms with Crippen LogP contribution in [0.3, 0.4) is 0 Å². The molecule has 104 valence electrons. The van der Waals surface area contributed by atoms with Crippen LogP contribution >= 0.6 is 0 Å². The number of nitriles is 2. The van der Waals surface area contributed by atoms with Gasteiger partial charge in [0.1, 0.15) is 5.78 Å². The monoisotopic (exact) mass is 272 g/mol. The zero-order valence-electron chi connectivity index (χ0n) is 10.6. The first kappa shape index (κ1) is 15.5. The molecule has 0 amide bonds. The van der Waals surface area contributed by atoms with E-state index in [1.165, 1.54) is 19.1 Å². The standard InChI is InChI=1S/C13H15F3N2O/c1-2-12(7-17,8-18)11(14)13(15,16)9-3-5-10(19)6-4-9/h9,11H,2-6H2,1H3. The lowest BCUT2D eigenvalue weighted by molar-refractivity contribution is -0.152. The van der Waals surface area contributed by atoms with Crippen LogP contribution in [0.2, 0.25) is 0 Å². The van der Waals surface area contributed by atoms with Crippen molar-refractivity contribution in [2.24, 2.45) is 11.3 Å². The molecule has 1 fully saturated rings. The Morgan fingerprint density at radius 3 is 2.16 bits per heavy atom. The van der Waals surface area contributed by atoms with Gasteiger partial charge in [0, 0.05) is 18.8 Å². The lowest BCUT2D eigenvalue weighted by atomic mass is 9.73. The molecule has 1 atom stereocenters. The number of rotatable bonds is 4. The molecule has 0 N–H and O–H groups in total. The van der Waals surface area contributed by atoms with E-state index in [9.17, 15) is 18.0 Å². The quantitative estimate of drug-likeness (QED) is 0.789. The second-order valence-corrected chi connectivity index (χ2v) is 4.90. The fourth-order valence-electron chi connectivity index (χ4n) is 2.34. The Bertz CT molecular complexity index is 412. The highest BCUT2D eigenvalue weighted by molar-refractivity contribution is 5.79. The zero-order valence-corrected chi connectivity index (χ0v) is 10.6. The molecule has 0 aromatic heterocycles. The summed E-state index contributed by atoms with van der Waals surface area (Å²) in [6, 6.07) is 2.77. The number of hydrogen-bond donors (Lipinski definition) is 0. The molecule has 1 aliphatic rings. The van der Waals surface area contributed by atoms with E-state index in [4.69, 9.17) is 10.5 Å². The lowest BCUT2D eigenvalue weighted by Gasteiger charge is -2.35. The van der Waals surface area contributed by atoms with Gasteiger partial charge in [-0.15, -0.1) is 0 Å². The molecular formula is C13H15F3N2O. The van der Waals surface area contributed by atoms with E-state index >= 15 is 0 Å². The van der Waals surface area contributed by atoms with Crippen molar-refractivity contribution in [1.82, 2.24) is 0 Å². The third-order valence-electron chi connectivity index (χ3n) is 3.81. The van der Waals surface area contributed by atoms with Gasteiger partial charge in [-0.1, -0.05) is 6.92 Å². The van der Waals surface area contributed by atoms with Crippen LogP contribution in [0.25, 0.3) is 0 Å². The molecule has 0 aromatic carbocycles.